The number of ether oxygens (including phenoxy) is 1. The van der Waals surface area contributed by atoms with Crippen LogP contribution in [0.4, 0.5) is 0 Å². The monoisotopic (exact) mass is 270 g/mol. The normalized spacial score (nSPS) is 24.4. The van der Waals surface area contributed by atoms with Crippen LogP contribution >= 0.6 is 0 Å². The zero-order valence-electron chi connectivity index (χ0n) is 10.8. The number of benzene rings is 1. The quantitative estimate of drug-likeness (QED) is 0.790. The van der Waals surface area contributed by atoms with Crippen LogP contribution in [0.2, 0.25) is 0 Å². The highest BCUT2D eigenvalue weighted by Crippen LogP contribution is 2.24. The molecular formula is C13H18O4S. The molecular weight excluding hydrogens is 252 g/mol. The third-order valence-corrected chi connectivity index (χ3v) is 4.55. The summed E-state index contributed by atoms with van der Waals surface area (Å²) < 4.78 is 34.8. The first-order valence-corrected chi connectivity index (χ1v) is 7.41. The van der Waals surface area contributed by atoms with E-state index in [0.717, 1.165) is 5.56 Å². The highest BCUT2D eigenvalue weighted by Gasteiger charge is 2.29. The minimum atomic E-state index is -3.69. The number of hydrogen-bond donors (Lipinski definition) is 0. The summed E-state index contributed by atoms with van der Waals surface area (Å²) in [6, 6.07) is 5.21. The van der Waals surface area contributed by atoms with Crippen LogP contribution in [-0.4, -0.2) is 27.2 Å². The van der Waals surface area contributed by atoms with E-state index in [2.05, 4.69) is 0 Å². The van der Waals surface area contributed by atoms with Crippen molar-refractivity contribution in [3.63, 3.8) is 0 Å². The topological polar surface area (TPSA) is 52.6 Å². The van der Waals surface area contributed by atoms with E-state index in [1.807, 2.05) is 19.9 Å². The molecule has 0 N–H and O–H groups in total. The Morgan fingerprint density at radius 3 is 2.61 bits per heavy atom. The predicted octanol–water partition coefficient (Wildman–Crippen LogP) is 2.19. The lowest BCUT2D eigenvalue weighted by Crippen LogP contribution is -2.19. The van der Waals surface area contributed by atoms with Crippen LogP contribution in [0.25, 0.3) is 0 Å². The second-order valence-electron chi connectivity index (χ2n) is 4.82. The molecule has 1 aliphatic rings. The van der Waals surface area contributed by atoms with Crippen LogP contribution in [0.3, 0.4) is 0 Å². The first-order valence-electron chi connectivity index (χ1n) is 6.00. The van der Waals surface area contributed by atoms with Crippen molar-refractivity contribution in [2.75, 3.05) is 6.61 Å². The van der Waals surface area contributed by atoms with Gasteiger partial charge in [0.05, 0.1) is 17.6 Å². The maximum atomic E-state index is 12.1. The minimum Gasteiger partial charge on any atom is -0.376 e. The standard InChI is InChI=1S/C13H18O4S/c1-9-4-5-13(10(2)6-9)18(14,15)17-12-7-11(3)16-8-12/h4-6,11-12H,7-8H2,1-3H3. The van der Waals surface area contributed by atoms with E-state index < -0.39 is 10.1 Å². The lowest BCUT2D eigenvalue weighted by molar-refractivity contribution is 0.105. The van der Waals surface area contributed by atoms with E-state index in [0.29, 0.717) is 18.6 Å². The Hall–Kier alpha value is -0.910. The second kappa shape index (κ2) is 4.99. The smallest absolute Gasteiger partial charge is 0.297 e. The van der Waals surface area contributed by atoms with E-state index in [-0.39, 0.29) is 17.1 Å². The molecule has 4 nitrogen and oxygen atoms in total. The van der Waals surface area contributed by atoms with Crippen LogP contribution in [-0.2, 0) is 19.0 Å². The Labute approximate surface area is 108 Å². The lowest BCUT2D eigenvalue weighted by Gasteiger charge is -2.12. The summed E-state index contributed by atoms with van der Waals surface area (Å²) in [6.07, 6.45) is 0.305. The molecule has 5 heteroatoms. The predicted molar refractivity (Wildman–Crippen MR) is 68.0 cm³/mol. The molecule has 2 atom stereocenters. The largest absolute Gasteiger partial charge is 0.376 e. The number of aryl methyl sites for hydroxylation is 2. The van der Waals surface area contributed by atoms with Gasteiger partial charge in [0.25, 0.3) is 10.1 Å². The van der Waals surface area contributed by atoms with E-state index in [1.165, 1.54) is 0 Å². The number of hydrogen-bond acceptors (Lipinski definition) is 4. The van der Waals surface area contributed by atoms with Crippen molar-refractivity contribution < 1.29 is 17.3 Å². The zero-order valence-corrected chi connectivity index (χ0v) is 11.7. The van der Waals surface area contributed by atoms with Gasteiger partial charge in [-0.05, 0) is 32.4 Å². The Kier molecular flexibility index (Phi) is 3.75. The third-order valence-electron chi connectivity index (χ3n) is 3.02. The van der Waals surface area contributed by atoms with Crippen molar-refractivity contribution >= 4 is 10.1 Å². The molecule has 1 fully saturated rings. The molecule has 1 aromatic rings. The molecule has 0 radical (unpaired) electrons. The van der Waals surface area contributed by atoms with E-state index in [9.17, 15) is 8.42 Å². The fraction of sp³-hybridized carbons (Fsp3) is 0.538. The van der Waals surface area contributed by atoms with Crippen molar-refractivity contribution in [1.29, 1.82) is 0 Å². The molecule has 0 saturated carbocycles. The average molecular weight is 270 g/mol. The summed E-state index contributed by atoms with van der Waals surface area (Å²) in [5.41, 5.74) is 1.74. The molecule has 0 aromatic heterocycles. The van der Waals surface area contributed by atoms with Gasteiger partial charge in [-0.25, -0.2) is 0 Å². The Morgan fingerprint density at radius 1 is 1.33 bits per heavy atom. The molecule has 1 aliphatic heterocycles. The van der Waals surface area contributed by atoms with Crippen LogP contribution in [0, 0.1) is 13.8 Å². The Morgan fingerprint density at radius 2 is 2.06 bits per heavy atom. The van der Waals surface area contributed by atoms with Gasteiger partial charge in [0.15, 0.2) is 0 Å². The maximum Gasteiger partial charge on any atom is 0.297 e. The van der Waals surface area contributed by atoms with Gasteiger partial charge in [0, 0.05) is 6.42 Å². The Bertz CT molecular complexity index is 536. The summed E-state index contributed by atoms with van der Waals surface area (Å²) in [7, 11) is -3.69. The molecule has 1 heterocycles. The highest BCUT2D eigenvalue weighted by molar-refractivity contribution is 7.86. The fourth-order valence-corrected chi connectivity index (χ4v) is 3.44. The van der Waals surface area contributed by atoms with E-state index in [1.54, 1.807) is 19.1 Å². The molecule has 0 amide bonds. The summed E-state index contributed by atoms with van der Waals surface area (Å²) in [5.74, 6) is 0. The molecule has 18 heavy (non-hydrogen) atoms. The SMILES string of the molecule is Cc1ccc(S(=O)(=O)OC2COC(C)C2)c(C)c1. The second-order valence-corrected chi connectivity index (χ2v) is 6.36. The van der Waals surface area contributed by atoms with Crippen molar-refractivity contribution in [1.82, 2.24) is 0 Å². The summed E-state index contributed by atoms with van der Waals surface area (Å²) in [4.78, 5) is 0.243. The van der Waals surface area contributed by atoms with E-state index in [4.69, 9.17) is 8.92 Å². The van der Waals surface area contributed by atoms with Gasteiger partial charge in [-0.3, -0.25) is 4.18 Å². The van der Waals surface area contributed by atoms with Crippen LogP contribution in [0.15, 0.2) is 23.1 Å². The van der Waals surface area contributed by atoms with Crippen LogP contribution in [0.1, 0.15) is 24.5 Å². The summed E-state index contributed by atoms with van der Waals surface area (Å²) >= 11 is 0. The maximum absolute atomic E-state index is 12.1. The van der Waals surface area contributed by atoms with E-state index >= 15 is 0 Å². The molecule has 1 saturated heterocycles. The van der Waals surface area contributed by atoms with Crippen LogP contribution < -0.4 is 0 Å². The summed E-state index contributed by atoms with van der Waals surface area (Å²) in [6.45, 7) is 5.95. The van der Waals surface area contributed by atoms with Crippen molar-refractivity contribution in [3.8, 4) is 0 Å². The lowest BCUT2D eigenvalue weighted by atomic mass is 10.2. The third kappa shape index (κ3) is 2.91. The molecule has 2 rings (SSSR count). The Balaban J connectivity index is 2.20. The first-order chi connectivity index (χ1) is 8.38. The van der Waals surface area contributed by atoms with Gasteiger partial charge >= 0.3 is 0 Å². The highest BCUT2D eigenvalue weighted by atomic mass is 32.2. The molecule has 0 spiro atoms. The van der Waals surface area contributed by atoms with Gasteiger partial charge in [-0.1, -0.05) is 17.7 Å². The minimum absolute atomic E-state index is 0.0596. The van der Waals surface area contributed by atoms with Gasteiger partial charge in [-0.15, -0.1) is 0 Å². The van der Waals surface area contributed by atoms with Gasteiger partial charge in [0.1, 0.15) is 6.10 Å². The number of rotatable bonds is 3. The fourth-order valence-electron chi connectivity index (χ4n) is 2.16. The zero-order chi connectivity index (χ0) is 13.3. The van der Waals surface area contributed by atoms with Crippen molar-refractivity contribution in [3.05, 3.63) is 29.3 Å². The molecule has 0 aliphatic carbocycles. The molecule has 1 aromatic carbocycles. The summed E-state index contributed by atoms with van der Waals surface area (Å²) in [5, 5.41) is 0. The van der Waals surface area contributed by atoms with Crippen molar-refractivity contribution in [2.45, 2.75) is 44.3 Å². The van der Waals surface area contributed by atoms with Crippen LogP contribution in [0.5, 0.6) is 0 Å². The molecule has 0 bridgehead atoms. The van der Waals surface area contributed by atoms with Gasteiger partial charge < -0.3 is 4.74 Å². The van der Waals surface area contributed by atoms with Gasteiger partial charge in [-0.2, -0.15) is 8.42 Å². The molecule has 2 unspecified atom stereocenters. The first kappa shape index (κ1) is 13.5. The average Bonchev–Trinajstić information content (AvgIpc) is 2.62. The van der Waals surface area contributed by atoms with Gasteiger partial charge in [0.2, 0.25) is 0 Å². The van der Waals surface area contributed by atoms with Crippen molar-refractivity contribution in [2.24, 2.45) is 0 Å². The molecule has 100 valence electrons.